The molecule has 0 spiro atoms. The number of sulfone groups is 1. The highest BCUT2D eigenvalue weighted by Gasteiger charge is 2.32. The molecular weight excluding hydrogens is 318 g/mol. The third-order valence-electron chi connectivity index (χ3n) is 3.92. The highest BCUT2D eigenvalue weighted by atomic mass is 32.2. The summed E-state index contributed by atoms with van der Waals surface area (Å²) in [6.07, 6.45) is 2.63. The Morgan fingerprint density at radius 3 is 2.78 bits per heavy atom. The molecule has 2 aromatic rings. The van der Waals surface area contributed by atoms with E-state index in [0.717, 1.165) is 6.26 Å². The zero-order valence-electron chi connectivity index (χ0n) is 13.3. The number of fused-ring (bicyclic) bond motifs is 1. The Labute approximate surface area is 134 Å². The van der Waals surface area contributed by atoms with Gasteiger partial charge < -0.3 is 9.64 Å². The van der Waals surface area contributed by atoms with Gasteiger partial charge in [-0.2, -0.15) is 0 Å². The average molecular weight is 337 g/mol. The van der Waals surface area contributed by atoms with E-state index in [2.05, 4.69) is 4.98 Å². The maximum atomic E-state index is 12.9. The predicted molar refractivity (Wildman–Crippen MR) is 84.2 cm³/mol. The lowest BCUT2D eigenvalue weighted by molar-refractivity contribution is -0.0388. The first-order chi connectivity index (χ1) is 10.8. The van der Waals surface area contributed by atoms with Crippen LogP contribution in [-0.2, 0) is 14.6 Å². The van der Waals surface area contributed by atoms with Crippen molar-refractivity contribution in [2.24, 2.45) is 0 Å². The standard InChI is InChI=1S/C15H19N3O4S/c1-10-9-22-11(2)8-18(10)14(19)13-12-6-4-5-7-17(12)15(16-13)23(3,20)21/h4-7,10-11H,8-9H2,1-3H3/t10-,11+/m0/s1. The second kappa shape index (κ2) is 5.61. The molecule has 0 aromatic carbocycles. The van der Waals surface area contributed by atoms with Crippen molar-refractivity contribution >= 4 is 21.3 Å². The maximum absolute atomic E-state index is 12.9. The van der Waals surface area contributed by atoms with Crippen LogP contribution in [-0.4, -0.2) is 60.2 Å². The lowest BCUT2D eigenvalue weighted by atomic mass is 10.2. The minimum absolute atomic E-state index is 0.0570. The van der Waals surface area contributed by atoms with E-state index < -0.39 is 9.84 Å². The van der Waals surface area contributed by atoms with E-state index >= 15 is 0 Å². The monoisotopic (exact) mass is 337 g/mol. The Kier molecular flexibility index (Phi) is 3.89. The van der Waals surface area contributed by atoms with Crippen molar-refractivity contribution in [2.75, 3.05) is 19.4 Å². The Hall–Kier alpha value is -1.93. The van der Waals surface area contributed by atoms with Crippen LogP contribution in [0.2, 0.25) is 0 Å². The van der Waals surface area contributed by atoms with Crippen LogP contribution in [0.3, 0.4) is 0 Å². The van der Waals surface area contributed by atoms with Gasteiger partial charge in [0.15, 0.2) is 5.69 Å². The van der Waals surface area contributed by atoms with Crippen LogP contribution in [0.1, 0.15) is 24.3 Å². The second-order valence-corrected chi connectivity index (χ2v) is 7.83. The molecule has 1 fully saturated rings. The van der Waals surface area contributed by atoms with Crippen molar-refractivity contribution in [2.45, 2.75) is 31.1 Å². The van der Waals surface area contributed by atoms with E-state index in [0.29, 0.717) is 18.7 Å². The highest BCUT2D eigenvalue weighted by Crippen LogP contribution is 2.21. The van der Waals surface area contributed by atoms with E-state index in [1.807, 2.05) is 13.8 Å². The molecule has 2 atom stereocenters. The van der Waals surface area contributed by atoms with Gasteiger partial charge >= 0.3 is 0 Å². The van der Waals surface area contributed by atoms with Crippen molar-refractivity contribution in [3.63, 3.8) is 0 Å². The summed E-state index contributed by atoms with van der Waals surface area (Å²) < 4.78 is 30.9. The van der Waals surface area contributed by atoms with Gasteiger partial charge in [-0.1, -0.05) is 6.07 Å². The average Bonchev–Trinajstić information content (AvgIpc) is 2.89. The topological polar surface area (TPSA) is 81.0 Å². The molecule has 23 heavy (non-hydrogen) atoms. The number of pyridine rings is 1. The largest absolute Gasteiger partial charge is 0.375 e. The minimum atomic E-state index is -3.54. The number of rotatable bonds is 2. The fraction of sp³-hybridized carbons (Fsp3) is 0.467. The number of carbonyl (C=O) groups excluding carboxylic acids is 1. The molecule has 0 aliphatic carbocycles. The summed E-state index contributed by atoms with van der Waals surface area (Å²) in [5, 5.41) is -0.120. The highest BCUT2D eigenvalue weighted by molar-refractivity contribution is 7.90. The quantitative estimate of drug-likeness (QED) is 0.816. The van der Waals surface area contributed by atoms with Gasteiger partial charge in [-0.25, -0.2) is 13.4 Å². The van der Waals surface area contributed by atoms with E-state index in [-0.39, 0.29) is 28.9 Å². The van der Waals surface area contributed by atoms with Gasteiger partial charge in [-0.3, -0.25) is 9.20 Å². The SMILES string of the molecule is C[C@@H]1CN(C(=O)c2nc(S(C)(=O)=O)n3ccccc23)[C@@H](C)CO1. The first-order valence-electron chi connectivity index (χ1n) is 7.38. The smallest absolute Gasteiger partial charge is 0.275 e. The Balaban J connectivity index is 2.11. The van der Waals surface area contributed by atoms with Gasteiger partial charge in [0, 0.05) is 19.0 Å². The van der Waals surface area contributed by atoms with Gasteiger partial charge in [0.2, 0.25) is 15.0 Å². The number of nitrogens with zero attached hydrogens (tertiary/aromatic N) is 3. The van der Waals surface area contributed by atoms with Crippen LogP contribution >= 0.6 is 0 Å². The first-order valence-corrected chi connectivity index (χ1v) is 9.28. The van der Waals surface area contributed by atoms with Crippen LogP contribution in [0.15, 0.2) is 29.6 Å². The molecule has 8 heteroatoms. The Morgan fingerprint density at radius 1 is 1.35 bits per heavy atom. The van der Waals surface area contributed by atoms with Gasteiger partial charge in [0.05, 0.1) is 24.3 Å². The molecule has 0 unspecified atom stereocenters. The lowest BCUT2D eigenvalue weighted by Gasteiger charge is -2.36. The van der Waals surface area contributed by atoms with Crippen molar-refractivity contribution in [3.05, 3.63) is 30.1 Å². The molecule has 7 nitrogen and oxygen atoms in total. The number of ether oxygens (including phenoxy) is 1. The Morgan fingerprint density at radius 2 is 2.09 bits per heavy atom. The van der Waals surface area contributed by atoms with E-state index in [4.69, 9.17) is 4.74 Å². The van der Waals surface area contributed by atoms with Crippen LogP contribution in [0, 0.1) is 0 Å². The molecule has 1 saturated heterocycles. The molecule has 0 saturated carbocycles. The second-order valence-electron chi connectivity index (χ2n) is 5.92. The van der Waals surface area contributed by atoms with Crippen molar-refractivity contribution < 1.29 is 17.9 Å². The molecule has 124 valence electrons. The van der Waals surface area contributed by atoms with E-state index in [1.165, 1.54) is 4.40 Å². The molecule has 1 aliphatic rings. The van der Waals surface area contributed by atoms with Crippen molar-refractivity contribution in [1.29, 1.82) is 0 Å². The summed E-state index contributed by atoms with van der Waals surface area (Å²) >= 11 is 0. The predicted octanol–water partition coefficient (Wildman–Crippen LogP) is 0.987. The zero-order valence-corrected chi connectivity index (χ0v) is 14.1. The van der Waals surface area contributed by atoms with E-state index in [9.17, 15) is 13.2 Å². The molecule has 3 rings (SSSR count). The summed E-state index contributed by atoms with van der Waals surface area (Å²) in [6.45, 7) is 4.72. The first kappa shape index (κ1) is 15.9. The van der Waals surface area contributed by atoms with Crippen molar-refractivity contribution in [1.82, 2.24) is 14.3 Å². The molecule has 0 N–H and O–H groups in total. The van der Waals surface area contributed by atoms with Gasteiger partial charge in [0.1, 0.15) is 0 Å². The third-order valence-corrected chi connectivity index (χ3v) is 4.87. The minimum Gasteiger partial charge on any atom is -0.375 e. The van der Waals surface area contributed by atoms with Gasteiger partial charge in [-0.15, -0.1) is 0 Å². The third kappa shape index (κ3) is 2.84. The summed E-state index contributed by atoms with van der Waals surface area (Å²) in [7, 11) is -3.54. The number of amides is 1. The fourth-order valence-electron chi connectivity index (χ4n) is 2.75. The van der Waals surface area contributed by atoms with Crippen molar-refractivity contribution in [3.8, 4) is 0 Å². The molecule has 0 radical (unpaired) electrons. The number of hydrogen-bond donors (Lipinski definition) is 0. The Bertz CT molecular complexity index is 859. The zero-order chi connectivity index (χ0) is 16.8. The number of morpholine rings is 1. The van der Waals surface area contributed by atoms with Gasteiger partial charge in [-0.05, 0) is 26.0 Å². The fourth-order valence-corrected chi connectivity index (χ4v) is 3.52. The summed E-state index contributed by atoms with van der Waals surface area (Å²) in [6, 6.07) is 5.08. The van der Waals surface area contributed by atoms with E-state index in [1.54, 1.807) is 29.3 Å². The summed E-state index contributed by atoms with van der Waals surface area (Å²) in [4.78, 5) is 18.7. The molecule has 1 amide bonds. The van der Waals surface area contributed by atoms with Crippen LogP contribution in [0.4, 0.5) is 0 Å². The summed E-state index contributed by atoms with van der Waals surface area (Å²) in [5.74, 6) is -0.272. The number of carbonyl (C=O) groups is 1. The normalized spacial score (nSPS) is 22.5. The van der Waals surface area contributed by atoms with Crippen LogP contribution < -0.4 is 0 Å². The molecule has 0 bridgehead atoms. The lowest BCUT2D eigenvalue weighted by Crippen LogP contribution is -2.50. The molecular formula is C15H19N3O4S. The van der Waals surface area contributed by atoms with Crippen LogP contribution in [0.5, 0.6) is 0 Å². The molecule has 3 heterocycles. The molecule has 1 aliphatic heterocycles. The number of imidazole rings is 1. The maximum Gasteiger partial charge on any atom is 0.275 e. The number of hydrogen-bond acceptors (Lipinski definition) is 5. The van der Waals surface area contributed by atoms with Gasteiger partial charge in [0.25, 0.3) is 5.91 Å². The number of aromatic nitrogens is 2. The van der Waals surface area contributed by atoms with Crippen LogP contribution in [0.25, 0.3) is 5.52 Å². The summed E-state index contributed by atoms with van der Waals surface area (Å²) in [5.41, 5.74) is 0.649. The molecule has 2 aromatic heterocycles.